The van der Waals surface area contributed by atoms with Gasteiger partial charge in [-0.3, -0.25) is 10.2 Å². The fourth-order valence-electron chi connectivity index (χ4n) is 1.23. The van der Waals surface area contributed by atoms with Crippen molar-refractivity contribution < 1.29 is 20.1 Å². The van der Waals surface area contributed by atoms with E-state index in [4.69, 9.17) is 26.5 Å². The number of rotatable bonds is 9. The van der Waals surface area contributed by atoms with Crippen LogP contribution in [0.15, 0.2) is 0 Å². The normalized spacial score (nSPS) is 11.7. The van der Waals surface area contributed by atoms with Crippen molar-refractivity contribution in [3.63, 3.8) is 0 Å². The minimum atomic E-state index is -1.43. The molecule has 0 aliphatic rings. The Kier molecular flexibility index (Phi) is 11.8. The van der Waals surface area contributed by atoms with Gasteiger partial charge in [0, 0.05) is 19.5 Å². The van der Waals surface area contributed by atoms with Crippen molar-refractivity contribution in [2.24, 2.45) is 5.73 Å². The molecule has 8 N–H and O–H groups in total. The molecule has 1 atom stereocenters. The number of aliphatic carboxylic acids is 1. The van der Waals surface area contributed by atoms with Gasteiger partial charge in [-0.2, -0.15) is 0 Å². The standard InChI is InChI=1S/C9H20N4O4.ClH/c10-9(11)13-4-1-2-6(8(16)17)12-5-3-7(14)15;/h6-7,12,14-15H,1-5H2,(H,16,17)(H4,10,11,13);1H. The number of nitrogens with one attached hydrogen (secondary N) is 3. The van der Waals surface area contributed by atoms with Crippen molar-refractivity contribution in [3.05, 3.63) is 0 Å². The van der Waals surface area contributed by atoms with Crippen LogP contribution in [0.3, 0.4) is 0 Å². The topological polar surface area (TPSA) is 152 Å². The highest BCUT2D eigenvalue weighted by molar-refractivity contribution is 5.85. The molecule has 0 aliphatic heterocycles. The van der Waals surface area contributed by atoms with Crippen LogP contribution in [-0.4, -0.2) is 52.7 Å². The summed E-state index contributed by atoms with van der Waals surface area (Å²) in [5, 5.41) is 38.3. The minimum Gasteiger partial charge on any atom is -0.480 e. The number of carbonyl (C=O) groups is 1. The lowest BCUT2D eigenvalue weighted by Gasteiger charge is -2.14. The van der Waals surface area contributed by atoms with E-state index in [-0.39, 0.29) is 31.3 Å². The van der Waals surface area contributed by atoms with Gasteiger partial charge in [-0.05, 0) is 12.8 Å². The first-order chi connectivity index (χ1) is 7.93. The van der Waals surface area contributed by atoms with E-state index in [0.29, 0.717) is 19.4 Å². The molecule has 0 aromatic rings. The summed E-state index contributed by atoms with van der Waals surface area (Å²) in [5.74, 6) is -1.13. The summed E-state index contributed by atoms with van der Waals surface area (Å²) in [6.07, 6.45) is -0.436. The zero-order chi connectivity index (χ0) is 13.3. The Morgan fingerprint density at radius 1 is 1.28 bits per heavy atom. The summed E-state index contributed by atoms with van der Waals surface area (Å²) >= 11 is 0. The van der Waals surface area contributed by atoms with Crippen molar-refractivity contribution in [3.8, 4) is 0 Å². The van der Waals surface area contributed by atoms with Gasteiger partial charge in [0.25, 0.3) is 0 Å². The van der Waals surface area contributed by atoms with Crippen molar-refractivity contribution in [1.82, 2.24) is 10.6 Å². The average Bonchev–Trinajstić information content (AvgIpc) is 2.20. The van der Waals surface area contributed by atoms with E-state index in [9.17, 15) is 4.79 Å². The van der Waals surface area contributed by atoms with Gasteiger partial charge in [0.05, 0.1) is 0 Å². The molecule has 108 valence electrons. The molecule has 9 heteroatoms. The maximum atomic E-state index is 10.8. The van der Waals surface area contributed by atoms with E-state index in [1.165, 1.54) is 0 Å². The quantitative estimate of drug-likeness (QED) is 0.117. The monoisotopic (exact) mass is 284 g/mol. The van der Waals surface area contributed by atoms with Crippen LogP contribution in [0.2, 0.25) is 0 Å². The van der Waals surface area contributed by atoms with Gasteiger partial charge in [-0.1, -0.05) is 0 Å². The smallest absolute Gasteiger partial charge is 0.320 e. The molecule has 0 aromatic heterocycles. The largest absolute Gasteiger partial charge is 0.480 e. The second-order valence-corrected chi connectivity index (χ2v) is 3.60. The average molecular weight is 285 g/mol. The van der Waals surface area contributed by atoms with Gasteiger partial charge in [-0.25, -0.2) is 0 Å². The maximum absolute atomic E-state index is 10.8. The van der Waals surface area contributed by atoms with Crippen LogP contribution in [0.1, 0.15) is 19.3 Å². The molecule has 0 heterocycles. The lowest BCUT2D eigenvalue weighted by atomic mass is 10.1. The molecule has 0 saturated heterocycles. The first kappa shape index (κ1) is 19.3. The predicted molar refractivity (Wildman–Crippen MR) is 68.7 cm³/mol. The summed E-state index contributed by atoms with van der Waals surface area (Å²) in [4.78, 5) is 10.8. The summed E-state index contributed by atoms with van der Waals surface area (Å²) in [5.41, 5.74) is 5.07. The third-order valence-electron chi connectivity index (χ3n) is 2.08. The summed E-state index contributed by atoms with van der Waals surface area (Å²) in [7, 11) is 0. The zero-order valence-corrected chi connectivity index (χ0v) is 10.7. The number of aliphatic hydroxyl groups excluding tert-OH is 1. The molecular formula is C9H21ClN4O4. The maximum Gasteiger partial charge on any atom is 0.320 e. The predicted octanol–water partition coefficient (Wildman–Crippen LogP) is -1.58. The van der Waals surface area contributed by atoms with Crippen LogP contribution in [0.4, 0.5) is 0 Å². The van der Waals surface area contributed by atoms with Gasteiger partial charge in [0.15, 0.2) is 12.2 Å². The number of hydrogen-bond acceptors (Lipinski definition) is 5. The third kappa shape index (κ3) is 11.4. The number of nitrogens with two attached hydrogens (primary N) is 1. The van der Waals surface area contributed by atoms with Gasteiger partial charge in [-0.15, -0.1) is 12.4 Å². The van der Waals surface area contributed by atoms with E-state index < -0.39 is 18.3 Å². The first-order valence-corrected chi connectivity index (χ1v) is 5.33. The lowest BCUT2D eigenvalue weighted by molar-refractivity contribution is -0.139. The number of guanidine groups is 1. The molecule has 0 aliphatic carbocycles. The van der Waals surface area contributed by atoms with Gasteiger partial charge in [0.2, 0.25) is 0 Å². The highest BCUT2D eigenvalue weighted by Crippen LogP contribution is 1.97. The molecule has 0 fully saturated rings. The fraction of sp³-hybridized carbons (Fsp3) is 0.778. The summed E-state index contributed by atoms with van der Waals surface area (Å²) in [6, 6.07) is -0.734. The van der Waals surface area contributed by atoms with Crippen LogP contribution in [-0.2, 0) is 4.79 Å². The molecule has 1 unspecified atom stereocenters. The molecular weight excluding hydrogens is 264 g/mol. The molecule has 0 bridgehead atoms. The van der Waals surface area contributed by atoms with Crippen molar-refractivity contribution in [1.29, 1.82) is 5.41 Å². The van der Waals surface area contributed by atoms with Gasteiger partial charge < -0.3 is 31.7 Å². The SMILES string of the molecule is Cl.N=C(N)NCCCC(NCCC(O)O)C(=O)O. The highest BCUT2D eigenvalue weighted by atomic mass is 35.5. The molecule has 8 nitrogen and oxygen atoms in total. The summed E-state index contributed by atoms with van der Waals surface area (Å²) in [6.45, 7) is 0.651. The Balaban J connectivity index is 0. The zero-order valence-electron chi connectivity index (χ0n) is 9.93. The Morgan fingerprint density at radius 2 is 1.89 bits per heavy atom. The van der Waals surface area contributed by atoms with Crippen LogP contribution in [0.5, 0.6) is 0 Å². The van der Waals surface area contributed by atoms with E-state index in [0.717, 1.165) is 0 Å². The van der Waals surface area contributed by atoms with E-state index in [1.54, 1.807) is 0 Å². The molecule has 0 amide bonds. The van der Waals surface area contributed by atoms with E-state index in [1.807, 2.05) is 0 Å². The molecule has 0 saturated carbocycles. The van der Waals surface area contributed by atoms with Gasteiger partial charge >= 0.3 is 5.97 Å². The molecule has 0 rings (SSSR count). The fourth-order valence-corrected chi connectivity index (χ4v) is 1.23. The van der Waals surface area contributed by atoms with E-state index >= 15 is 0 Å². The van der Waals surface area contributed by atoms with E-state index in [2.05, 4.69) is 10.6 Å². The third-order valence-corrected chi connectivity index (χ3v) is 2.08. The van der Waals surface area contributed by atoms with Crippen LogP contribution in [0, 0.1) is 5.41 Å². The Labute approximate surface area is 111 Å². The number of carboxylic acid groups (broad SMARTS) is 1. The molecule has 0 radical (unpaired) electrons. The number of hydrogen-bond donors (Lipinski definition) is 7. The van der Waals surface area contributed by atoms with Crippen molar-refractivity contribution in [2.45, 2.75) is 31.6 Å². The van der Waals surface area contributed by atoms with Crippen LogP contribution < -0.4 is 16.4 Å². The van der Waals surface area contributed by atoms with Gasteiger partial charge in [0.1, 0.15) is 6.04 Å². The second-order valence-electron chi connectivity index (χ2n) is 3.60. The Morgan fingerprint density at radius 3 is 2.33 bits per heavy atom. The number of halogens is 1. The Bertz CT molecular complexity index is 253. The molecule has 0 aromatic carbocycles. The molecule has 0 spiro atoms. The molecule has 18 heavy (non-hydrogen) atoms. The lowest BCUT2D eigenvalue weighted by Crippen LogP contribution is -2.39. The Hall–Kier alpha value is -1.09. The second kappa shape index (κ2) is 11.0. The number of aliphatic hydroxyl groups is 2. The summed E-state index contributed by atoms with van der Waals surface area (Å²) < 4.78 is 0. The highest BCUT2D eigenvalue weighted by Gasteiger charge is 2.16. The first-order valence-electron chi connectivity index (χ1n) is 5.33. The van der Waals surface area contributed by atoms with Crippen LogP contribution in [0.25, 0.3) is 0 Å². The minimum absolute atomic E-state index is 0. The van der Waals surface area contributed by atoms with Crippen molar-refractivity contribution in [2.75, 3.05) is 13.1 Å². The van der Waals surface area contributed by atoms with Crippen LogP contribution >= 0.6 is 12.4 Å². The number of carboxylic acids is 1. The van der Waals surface area contributed by atoms with Crippen molar-refractivity contribution >= 4 is 24.3 Å².